The molecule has 0 aliphatic heterocycles. The van der Waals surface area contributed by atoms with E-state index in [-0.39, 0.29) is 5.57 Å². The Morgan fingerprint density at radius 1 is 1.75 bits per heavy atom. The minimum atomic E-state index is -0.660. The zero-order chi connectivity index (χ0) is 6.57. The van der Waals surface area contributed by atoms with Crippen LogP contribution < -0.4 is 0 Å². The zero-order valence-corrected chi connectivity index (χ0v) is 4.22. The molecular weight excluding hydrogens is 104 g/mol. The topological polar surface area (TPSA) is 53.2 Å². The second-order valence-corrected chi connectivity index (χ2v) is 1.05. The number of amides is 1. The maximum Gasteiger partial charge on any atom is 0.286 e. The number of carbonyl (C=O) groups excluding carboxylic acids is 1. The molecular formula is C5H4N2O. The van der Waals surface area contributed by atoms with Crippen molar-refractivity contribution in [3.63, 3.8) is 0 Å². The first kappa shape index (κ1) is 6.57. The van der Waals surface area contributed by atoms with Crippen LogP contribution in [0.3, 0.4) is 0 Å². The molecule has 0 aliphatic rings. The van der Waals surface area contributed by atoms with Crippen molar-refractivity contribution in [2.24, 2.45) is 4.99 Å². The number of hydrogen-bond acceptors (Lipinski definition) is 2. The summed E-state index contributed by atoms with van der Waals surface area (Å²) in [5.41, 5.74) is -0.181. The van der Waals surface area contributed by atoms with Gasteiger partial charge >= 0.3 is 0 Å². The molecule has 0 radical (unpaired) electrons. The van der Waals surface area contributed by atoms with Gasteiger partial charge in [-0.2, -0.15) is 5.26 Å². The zero-order valence-electron chi connectivity index (χ0n) is 4.22. The average molecular weight is 108 g/mol. The van der Waals surface area contributed by atoms with E-state index in [2.05, 4.69) is 18.3 Å². The molecule has 0 aromatic carbocycles. The van der Waals surface area contributed by atoms with Crippen molar-refractivity contribution in [1.29, 1.82) is 5.26 Å². The Morgan fingerprint density at radius 2 is 2.25 bits per heavy atom. The van der Waals surface area contributed by atoms with Gasteiger partial charge in [-0.3, -0.25) is 4.79 Å². The molecule has 40 valence electrons. The molecule has 0 heterocycles. The lowest BCUT2D eigenvalue weighted by molar-refractivity contribution is -0.113. The normalized spacial score (nSPS) is 6.88. The minimum Gasteiger partial charge on any atom is -0.266 e. The minimum absolute atomic E-state index is 0.181. The van der Waals surface area contributed by atoms with Crippen LogP contribution in [0, 0.1) is 11.3 Å². The number of nitriles is 1. The standard InChI is InChI=1S/C5H4N2O/c1-4(3-6)5(8)7-2/h1-2H2. The summed E-state index contributed by atoms with van der Waals surface area (Å²) in [7, 11) is 0. The van der Waals surface area contributed by atoms with Gasteiger partial charge in [0, 0.05) is 0 Å². The van der Waals surface area contributed by atoms with Crippen molar-refractivity contribution in [3.8, 4) is 6.07 Å². The molecule has 0 bridgehead atoms. The Kier molecular flexibility index (Phi) is 2.21. The van der Waals surface area contributed by atoms with Crippen molar-refractivity contribution in [2.45, 2.75) is 0 Å². The van der Waals surface area contributed by atoms with Crippen molar-refractivity contribution < 1.29 is 4.79 Å². The van der Waals surface area contributed by atoms with E-state index in [0.29, 0.717) is 0 Å². The lowest BCUT2D eigenvalue weighted by Crippen LogP contribution is -1.91. The van der Waals surface area contributed by atoms with Crippen LogP contribution in [0.4, 0.5) is 0 Å². The third-order valence-electron chi connectivity index (χ3n) is 0.537. The van der Waals surface area contributed by atoms with Gasteiger partial charge in [-0.25, -0.2) is 4.99 Å². The van der Waals surface area contributed by atoms with Gasteiger partial charge in [-0.1, -0.05) is 6.58 Å². The van der Waals surface area contributed by atoms with Crippen LogP contribution in [-0.4, -0.2) is 12.6 Å². The van der Waals surface area contributed by atoms with Gasteiger partial charge in [-0.05, 0) is 6.72 Å². The van der Waals surface area contributed by atoms with E-state index in [1.165, 1.54) is 6.07 Å². The number of nitrogens with zero attached hydrogens (tertiary/aromatic N) is 2. The summed E-state index contributed by atoms with van der Waals surface area (Å²) in [6.45, 7) is 6.02. The van der Waals surface area contributed by atoms with Crippen molar-refractivity contribution in [2.75, 3.05) is 0 Å². The van der Waals surface area contributed by atoms with Crippen LogP contribution in [0.25, 0.3) is 0 Å². The van der Waals surface area contributed by atoms with E-state index in [9.17, 15) is 4.79 Å². The van der Waals surface area contributed by atoms with Crippen molar-refractivity contribution in [1.82, 2.24) is 0 Å². The monoisotopic (exact) mass is 108 g/mol. The van der Waals surface area contributed by atoms with Gasteiger partial charge in [0.15, 0.2) is 0 Å². The molecule has 0 unspecified atom stereocenters. The van der Waals surface area contributed by atoms with Gasteiger partial charge in [-0.15, -0.1) is 0 Å². The SMILES string of the molecule is C=NC(=O)C(=C)C#N. The third kappa shape index (κ3) is 1.35. The Morgan fingerprint density at radius 3 is 2.38 bits per heavy atom. The molecule has 3 nitrogen and oxygen atoms in total. The van der Waals surface area contributed by atoms with E-state index in [1.807, 2.05) is 0 Å². The average Bonchev–Trinajstić information content (AvgIpc) is 1.84. The number of rotatable bonds is 1. The van der Waals surface area contributed by atoms with E-state index in [0.717, 1.165) is 0 Å². The van der Waals surface area contributed by atoms with Gasteiger partial charge in [0.25, 0.3) is 5.91 Å². The Balaban J connectivity index is 4.09. The maximum atomic E-state index is 10.2. The fourth-order valence-electron chi connectivity index (χ4n) is 0.143. The molecule has 0 spiro atoms. The second kappa shape index (κ2) is 2.69. The fourth-order valence-corrected chi connectivity index (χ4v) is 0.143. The predicted molar refractivity (Wildman–Crippen MR) is 29.3 cm³/mol. The lowest BCUT2D eigenvalue weighted by Gasteiger charge is -1.79. The molecule has 3 heteroatoms. The van der Waals surface area contributed by atoms with E-state index in [4.69, 9.17) is 5.26 Å². The van der Waals surface area contributed by atoms with Gasteiger partial charge in [0.2, 0.25) is 0 Å². The number of aliphatic imine (C=N–C) groups is 1. The highest BCUT2D eigenvalue weighted by Gasteiger charge is 1.98. The molecule has 0 aromatic heterocycles. The van der Waals surface area contributed by atoms with E-state index < -0.39 is 5.91 Å². The van der Waals surface area contributed by atoms with Gasteiger partial charge in [0.05, 0.1) is 0 Å². The summed E-state index contributed by atoms with van der Waals surface area (Å²) in [6, 6.07) is 1.54. The van der Waals surface area contributed by atoms with Crippen LogP contribution in [-0.2, 0) is 4.79 Å². The molecule has 0 atom stereocenters. The van der Waals surface area contributed by atoms with Crippen LogP contribution in [0.15, 0.2) is 17.1 Å². The van der Waals surface area contributed by atoms with Crippen LogP contribution in [0.2, 0.25) is 0 Å². The molecule has 0 aromatic rings. The molecule has 0 saturated carbocycles. The summed E-state index contributed by atoms with van der Waals surface area (Å²) < 4.78 is 0. The smallest absolute Gasteiger partial charge is 0.266 e. The van der Waals surface area contributed by atoms with E-state index in [1.54, 1.807) is 0 Å². The third-order valence-corrected chi connectivity index (χ3v) is 0.537. The number of carbonyl (C=O) groups is 1. The molecule has 0 N–H and O–H groups in total. The molecule has 0 rings (SSSR count). The van der Waals surface area contributed by atoms with Crippen LogP contribution in [0.1, 0.15) is 0 Å². The van der Waals surface area contributed by atoms with Crippen molar-refractivity contribution >= 4 is 12.6 Å². The number of hydrogen-bond donors (Lipinski definition) is 0. The second-order valence-electron chi connectivity index (χ2n) is 1.05. The fraction of sp³-hybridized carbons (Fsp3) is 0. The van der Waals surface area contributed by atoms with Gasteiger partial charge < -0.3 is 0 Å². The summed E-state index contributed by atoms with van der Waals surface area (Å²) in [6.07, 6.45) is 0. The first-order valence-corrected chi connectivity index (χ1v) is 1.82. The van der Waals surface area contributed by atoms with Crippen LogP contribution in [0.5, 0.6) is 0 Å². The summed E-state index contributed by atoms with van der Waals surface area (Å²) >= 11 is 0. The molecule has 0 saturated heterocycles. The Labute approximate surface area is 47.0 Å². The maximum absolute atomic E-state index is 10.2. The molecule has 8 heavy (non-hydrogen) atoms. The Hall–Kier alpha value is -1.43. The first-order valence-electron chi connectivity index (χ1n) is 1.82. The summed E-state index contributed by atoms with van der Waals surface area (Å²) in [5, 5.41) is 7.98. The predicted octanol–water partition coefficient (Wildman–Crippen LogP) is 0.293. The quantitative estimate of drug-likeness (QED) is 0.275. The molecule has 0 aliphatic carbocycles. The highest BCUT2D eigenvalue weighted by molar-refractivity contribution is 5.99. The molecule has 1 amide bonds. The largest absolute Gasteiger partial charge is 0.286 e. The summed E-state index contributed by atoms with van der Waals surface area (Å²) in [4.78, 5) is 13.1. The van der Waals surface area contributed by atoms with Crippen LogP contribution >= 0.6 is 0 Å². The Bertz CT molecular complexity index is 175. The molecule has 0 fully saturated rings. The first-order chi connectivity index (χ1) is 3.72. The highest BCUT2D eigenvalue weighted by atomic mass is 16.1. The lowest BCUT2D eigenvalue weighted by atomic mass is 10.3. The van der Waals surface area contributed by atoms with E-state index >= 15 is 0 Å². The highest BCUT2D eigenvalue weighted by Crippen LogP contribution is 1.87. The van der Waals surface area contributed by atoms with Gasteiger partial charge in [0.1, 0.15) is 11.6 Å². The summed E-state index contributed by atoms with van der Waals surface area (Å²) in [5.74, 6) is -0.660. The van der Waals surface area contributed by atoms with Crippen molar-refractivity contribution in [3.05, 3.63) is 12.2 Å².